The number of nitrogens with zero attached hydrogens (tertiary/aromatic N) is 2. The second kappa shape index (κ2) is 6.11. The van der Waals surface area contributed by atoms with Crippen LogP contribution in [0.4, 0.5) is 5.13 Å². The van der Waals surface area contributed by atoms with Crippen molar-refractivity contribution in [2.45, 2.75) is 4.34 Å². The Balaban J connectivity index is 1.48. The molecule has 0 aliphatic carbocycles. The van der Waals surface area contributed by atoms with Crippen molar-refractivity contribution in [3.8, 4) is 11.5 Å². The molecule has 1 aliphatic heterocycles. The number of thioether (sulfide) groups is 1. The van der Waals surface area contributed by atoms with Crippen molar-refractivity contribution in [1.29, 1.82) is 0 Å². The number of thiazole rings is 2. The number of hydrogen-bond acceptors (Lipinski definition) is 8. The fourth-order valence-corrected chi connectivity index (χ4v) is 5.35. The summed E-state index contributed by atoms with van der Waals surface area (Å²) < 4.78 is 13.8. The van der Waals surface area contributed by atoms with Gasteiger partial charge in [-0.1, -0.05) is 23.1 Å². The molecule has 0 fully saturated rings. The summed E-state index contributed by atoms with van der Waals surface area (Å²) in [7, 11) is 0. The molecule has 9 heteroatoms. The van der Waals surface area contributed by atoms with Gasteiger partial charge in [-0.05, 0) is 36.6 Å². The molecule has 0 radical (unpaired) electrons. The predicted octanol–water partition coefficient (Wildman–Crippen LogP) is 4.61. The second-order valence-corrected chi connectivity index (χ2v) is 8.54. The van der Waals surface area contributed by atoms with Crippen LogP contribution in [0.1, 0.15) is 10.4 Å². The molecule has 0 bridgehead atoms. The third kappa shape index (κ3) is 2.59. The first kappa shape index (κ1) is 15.9. The van der Waals surface area contributed by atoms with Gasteiger partial charge in [-0.2, -0.15) is 0 Å². The Hall–Kier alpha value is -2.36. The summed E-state index contributed by atoms with van der Waals surface area (Å²) >= 11 is 4.74. The molecule has 5 rings (SSSR count). The molecule has 3 heterocycles. The Morgan fingerprint density at radius 2 is 1.85 bits per heavy atom. The topological polar surface area (TPSA) is 73.3 Å². The minimum atomic E-state index is -0.229. The lowest BCUT2D eigenvalue weighted by molar-refractivity contribution is 0.102. The van der Waals surface area contributed by atoms with E-state index < -0.39 is 0 Å². The van der Waals surface area contributed by atoms with Gasteiger partial charge in [0.15, 0.2) is 21.0 Å². The summed E-state index contributed by atoms with van der Waals surface area (Å²) in [5.41, 5.74) is 2.32. The number of amides is 1. The van der Waals surface area contributed by atoms with Crippen molar-refractivity contribution < 1.29 is 14.3 Å². The van der Waals surface area contributed by atoms with Crippen molar-refractivity contribution >= 4 is 65.9 Å². The lowest BCUT2D eigenvalue weighted by Gasteiger charge is -2.02. The minimum absolute atomic E-state index is 0.182. The van der Waals surface area contributed by atoms with Gasteiger partial charge in [0.05, 0.1) is 20.4 Å². The average Bonchev–Trinajstić information content (AvgIpc) is 3.36. The summed E-state index contributed by atoms with van der Waals surface area (Å²) in [5.74, 6) is 1.00. The van der Waals surface area contributed by atoms with Gasteiger partial charge in [-0.25, -0.2) is 9.97 Å². The fourth-order valence-electron chi connectivity index (χ4n) is 2.70. The predicted molar refractivity (Wildman–Crippen MR) is 105 cm³/mol. The molecule has 26 heavy (non-hydrogen) atoms. The summed E-state index contributed by atoms with van der Waals surface area (Å²) in [6.45, 7) is 0.182. The highest BCUT2D eigenvalue weighted by Gasteiger charge is 2.18. The highest BCUT2D eigenvalue weighted by molar-refractivity contribution is 8.00. The molecule has 1 N–H and O–H groups in total. The van der Waals surface area contributed by atoms with Crippen LogP contribution in [0.3, 0.4) is 0 Å². The third-order valence-corrected chi connectivity index (χ3v) is 7.13. The Kier molecular flexibility index (Phi) is 3.73. The average molecular weight is 401 g/mol. The standard InChI is InChI=1S/C17H11N3O3S3/c1-24-17-19-10-4-3-9-13(14(10)26-17)25-16(18-9)20-15(21)8-2-5-11-12(6-8)23-7-22-11/h2-6H,7H2,1H3,(H,18,20,21). The van der Waals surface area contributed by atoms with Crippen molar-refractivity contribution in [1.82, 2.24) is 9.97 Å². The van der Waals surface area contributed by atoms with E-state index in [1.165, 1.54) is 11.3 Å². The summed E-state index contributed by atoms with van der Waals surface area (Å²) in [6, 6.07) is 9.03. The fraction of sp³-hybridized carbons (Fsp3) is 0.118. The van der Waals surface area contributed by atoms with E-state index in [1.54, 1.807) is 41.3 Å². The molecule has 1 amide bonds. The number of anilines is 1. The number of fused-ring (bicyclic) bond motifs is 4. The van der Waals surface area contributed by atoms with E-state index in [0.29, 0.717) is 22.2 Å². The van der Waals surface area contributed by atoms with E-state index in [0.717, 1.165) is 24.8 Å². The first-order valence-electron chi connectivity index (χ1n) is 7.66. The van der Waals surface area contributed by atoms with Crippen molar-refractivity contribution in [3.05, 3.63) is 35.9 Å². The largest absolute Gasteiger partial charge is 0.454 e. The molecule has 0 unspecified atom stereocenters. The van der Waals surface area contributed by atoms with Crippen molar-refractivity contribution in [3.63, 3.8) is 0 Å². The smallest absolute Gasteiger partial charge is 0.257 e. The van der Waals surface area contributed by atoms with E-state index in [-0.39, 0.29) is 12.7 Å². The van der Waals surface area contributed by atoms with Crippen LogP contribution in [0.5, 0.6) is 11.5 Å². The van der Waals surface area contributed by atoms with E-state index in [2.05, 4.69) is 15.3 Å². The maximum absolute atomic E-state index is 12.6. The van der Waals surface area contributed by atoms with E-state index in [9.17, 15) is 4.79 Å². The molecule has 2 aromatic heterocycles. The zero-order chi connectivity index (χ0) is 17.7. The van der Waals surface area contributed by atoms with Gasteiger partial charge in [0.1, 0.15) is 0 Å². The van der Waals surface area contributed by atoms with Crippen LogP contribution in [0.25, 0.3) is 20.4 Å². The number of ether oxygens (including phenoxy) is 2. The maximum atomic E-state index is 12.6. The Morgan fingerprint density at radius 3 is 2.69 bits per heavy atom. The molecule has 1 aliphatic rings. The van der Waals surface area contributed by atoms with Crippen LogP contribution in [-0.4, -0.2) is 28.9 Å². The van der Waals surface area contributed by atoms with Crippen LogP contribution in [0.2, 0.25) is 0 Å². The molecule has 130 valence electrons. The van der Waals surface area contributed by atoms with Gasteiger partial charge in [0.2, 0.25) is 6.79 Å². The number of aromatic nitrogens is 2. The van der Waals surface area contributed by atoms with Crippen molar-refractivity contribution in [2.24, 2.45) is 0 Å². The number of carbonyl (C=O) groups excluding carboxylic acids is 1. The number of nitrogens with one attached hydrogen (secondary N) is 1. The Bertz CT molecular complexity index is 1170. The molecule has 0 atom stereocenters. The number of rotatable bonds is 3. The van der Waals surface area contributed by atoms with E-state index in [1.807, 2.05) is 18.4 Å². The van der Waals surface area contributed by atoms with Crippen LogP contribution in [0.15, 0.2) is 34.7 Å². The van der Waals surface area contributed by atoms with Crippen LogP contribution in [-0.2, 0) is 0 Å². The minimum Gasteiger partial charge on any atom is -0.454 e. The van der Waals surface area contributed by atoms with Gasteiger partial charge in [-0.15, -0.1) is 11.3 Å². The number of hydrogen-bond donors (Lipinski definition) is 1. The van der Waals surface area contributed by atoms with Gasteiger partial charge in [0.25, 0.3) is 5.91 Å². The maximum Gasteiger partial charge on any atom is 0.257 e. The highest BCUT2D eigenvalue weighted by atomic mass is 32.2. The zero-order valence-corrected chi connectivity index (χ0v) is 15.9. The summed E-state index contributed by atoms with van der Waals surface area (Å²) in [6.07, 6.45) is 2.01. The van der Waals surface area contributed by atoms with Gasteiger partial charge >= 0.3 is 0 Å². The van der Waals surface area contributed by atoms with Crippen LogP contribution in [0, 0.1) is 0 Å². The Morgan fingerprint density at radius 1 is 1.08 bits per heavy atom. The van der Waals surface area contributed by atoms with Crippen molar-refractivity contribution in [2.75, 3.05) is 18.4 Å². The van der Waals surface area contributed by atoms with Crippen LogP contribution < -0.4 is 14.8 Å². The van der Waals surface area contributed by atoms with Gasteiger partial charge < -0.3 is 9.47 Å². The molecule has 2 aromatic carbocycles. The molecule has 6 nitrogen and oxygen atoms in total. The zero-order valence-electron chi connectivity index (χ0n) is 13.4. The third-order valence-electron chi connectivity index (χ3n) is 3.92. The molecule has 0 saturated heterocycles. The van der Waals surface area contributed by atoms with E-state index in [4.69, 9.17) is 9.47 Å². The van der Waals surface area contributed by atoms with Gasteiger partial charge in [-0.3, -0.25) is 10.1 Å². The molecule has 0 saturated carbocycles. The number of benzene rings is 2. The summed E-state index contributed by atoms with van der Waals surface area (Å²) in [4.78, 5) is 21.7. The van der Waals surface area contributed by atoms with E-state index >= 15 is 0 Å². The molecular formula is C17H11N3O3S3. The highest BCUT2D eigenvalue weighted by Crippen LogP contribution is 2.38. The quantitative estimate of drug-likeness (QED) is 0.506. The first-order valence-corrected chi connectivity index (χ1v) is 10.5. The number of carbonyl (C=O) groups is 1. The van der Waals surface area contributed by atoms with Crippen LogP contribution >= 0.6 is 34.4 Å². The van der Waals surface area contributed by atoms with Gasteiger partial charge in [0, 0.05) is 5.56 Å². The lowest BCUT2D eigenvalue weighted by Crippen LogP contribution is -2.11. The normalized spacial score (nSPS) is 12.8. The Labute approximate surface area is 160 Å². The molecular weight excluding hydrogens is 390 g/mol. The second-order valence-electron chi connectivity index (χ2n) is 5.49. The summed E-state index contributed by atoms with van der Waals surface area (Å²) in [5, 5.41) is 3.44. The first-order chi connectivity index (χ1) is 12.7. The lowest BCUT2D eigenvalue weighted by atomic mass is 10.2. The monoisotopic (exact) mass is 401 g/mol. The molecule has 0 spiro atoms. The SMILES string of the molecule is CSc1nc2ccc3nc(NC(=O)c4ccc5c(c4)OCO5)sc3c2s1. The molecule has 4 aromatic rings.